The zero-order valence-corrected chi connectivity index (χ0v) is 10.6. The van der Waals surface area contributed by atoms with Crippen LogP contribution in [-0.4, -0.2) is 29.1 Å². The number of benzene rings is 1. The van der Waals surface area contributed by atoms with Crippen LogP contribution in [0.25, 0.3) is 0 Å². The van der Waals surface area contributed by atoms with E-state index in [1.165, 1.54) is 37.6 Å². The van der Waals surface area contributed by atoms with Crippen LogP contribution in [0.4, 0.5) is 0 Å². The molecule has 1 aromatic heterocycles. The molecule has 0 unspecified atom stereocenters. The molecule has 0 spiro atoms. The van der Waals surface area contributed by atoms with Crippen LogP contribution in [-0.2, 0) is 4.74 Å². The Bertz CT molecular complexity index is 654. The van der Waals surface area contributed by atoms with Crippen LogP contribution >= 0.6 is 0 Å². The Labute approximate surface area is 114 Å². The first-order valence-electron chi connectivity index (χ1n) is 5.66. The van der Waals surface area contributed by atoms with Gasteiger partial charge in [0.25, 0.3) is 0 Å². The molecular weight excluding hydrogens is 262 g/mol. The molecule has 0 bridgehead atoms. The number of hydrogen-bond donors (Lipinski definition) is 1. The quantitative estimate of drug-likeness (QED) is 0.860. The van der Waals surface area contributed by atoms with E-state index in [4.69, 9.17) is 9.84 Å². The van der Waals surface area contributed by atoms with E-state index in [0.717, 1.165) is 0 Å². The van der Waals surface area contributed by atoms with Gasteiger partial charge >= 0.3 is 11.9 Å². The minimum atomic E-state index is -1.05. The standard InChI is InChI=1S/C14H11NO5/c1-19-14(18)10-5-6-15-12(8-10)20-11-4-2-3-9(7-11)13(16)17/h2-8H,1H3,(H,16,17). The van der Waals surface area contributed by atoms with E-state index in [1.807, 2.05) is 0 Å². The lowest BCUT2D eigenvalue weighted by atomic mass is 10.2. The van der Waals surface area contributed by atoms with E-state index in [2.05, 4.69) is 9.72 Å². The first kappa shape index (κ1) is 13.5. The highest BCUT2D eigenvalue weighted by molar-refractivity contribution is 5.89. The molecule has 0 radical (unpaired) electrons. The van der Waals surface area contributed by atoms with Crippen molar-refractivity contribution in [3.05, 3.63) is 53.7 Å². The summed E-state index contributed by atoms with van der Waals surface area (Å²) in [4.78, 5) is 26.2. The Kier molecular flexibility index (Phi) is 3.95. The van der Waals surface area contributed by atoms with Crippen molar-refractivity contribution in [2.24, 2.45) is 0 Å². The van der Waals surface area contributed by atoms with Crippen LogP contribution < -0.4 is 4.74 Å². The lowest BCUT2D eigenvalue weighted by molar-refractivity contribution is 0.0599. The fourth-order valence-electron chi connectivity index (χ4n) is 1.52. The van der Waals surface area contributed by atoms with E-state index in [1.54, 1.807) is 12.1 Å². The number of rotatable bonds is 4. The van der Waals surface area contributed by atoms with Crippen LogP contribution in [0.2, 0.25) is 0 Å². The van der Waals surface area contributed by atoms with Gasteiger partial charge < -0.3 is 14.6 Å². The van der Waals surface area contributed by atoms with Crippen molar-refractivity contribution in [3.63, 3.8) is 0 Å². The second kappa shape index (κ2) is 5.83. The van der Waals surface area contributed by atoms with Crippen molar-refractivity contribution in [3.8, 4) is 11.6 Å². The number of carboxylic acid groups (broad SMARTS) is 1. The fraction of sp³-hybridized carbons (Fsp3) is 0.0714. The van der Waals surface area contributed by atoms with Crippen molar-refractivity contribution in [1.29, 1.82) is 0 Å². The van der Waals surface area contributed by atoms with Gasteiger partial charge in [0.1, 0.15) is 5.75 Å². The molecule has 20 heavy (non-hydrogen) atoms. The molecule has 6 heteroatoms. The summed E-state index contributed by atoms with van der Waals surface area (Å²) >= 11 is 0. The van der Waals surface area contributed by atoms with Gasteiger partial charge in [0, 0.05) is 12.3 Å². The zero-order chi connectivity index (χ0) is 14.5. The number of aromatic carboxylic acids is 1. The molecule has 0 fully saturated rings. The van der Waals surface area contributed by atoms with Crippen molar-refractivity contribution in [1.82, 2.24) is 4.98 Å². The van der Waals surface area contributed by atoms with E-state index >= 15 is 0 Å². The van der Waals surface area contributed by atoms with Gasteiger partial charge in [-0.25, -0.2) is 14.6 Å². The van der Waals surface area contributed by atoms with Gasteiger partial charge in [0.15, 0.2) is 0 Å². The lowest BCUT2D eigenvalue weighted by Gasteiger charge is -2.06. The average Bonchev–Trinajstić information content (AvgIpc) is 2.47. The first-order valence-corrected chi connectivity index (χ1v) is 5.66. The number of carboxylic acids is 1. The Morgan fingerprint density at radius 3 is 2.65 bits per heavy atom. The van der Waals surface area contributed by atoms with Crippen LogP contribution in [0.5, 0.6) is 11.6 Å². The molecule has 0 amide bonds. The molecule has 2 aromatic rings. The number of nitrogens with zero attached hydrogens (tertiary/aromatic N) is 1. The van der Waals surface area contributed by atoms with E-state index in [-0.39, 0.29) is 11.4 Å². The van der Waals surface area contributed by atoms with Crippen molar-refractivity contribution in [2.45, 2.75) is 0 Å². The highest BCUT2D eigenvalue weighted by Gasteiger charge is 2.09. The van der Waals surface area contributed by atoms with E-state index in [9.17, 15) is 9.59 Å². The summed E-state index contributed by atoms with van der Waals surface area (Å²) in [6.07, 6.45) is 1.41. The molecule has 1 N–H and O–H groups in total. The molecule has 1 heterocycles. The second-order valence-corrected chi connectivity index (χ2v) is 3.81. The third-order valence-corrected chi connectivity index (χ3v) is 2.46. The number of methoxy groups -OCH3 is 1. The summed E-state index contributed by atoms with van der Waals surface area (Å²) in [6.45, 7) is 0. The van der Waals surface area contributed by atoms with Crippen molar-refractivity contribution >= 4 is 11.9 Å². The molecule has 0 aliphatic heterocycles. The SMILES string of the molecule is COC(=O)c1ccnc(Oc2cccc(C(=O)O)c2)c1. The normalized spacial score (nSPS) is 9.85. The van der Waals surface area contributed by atoms with Gasteiger partial charge in [-0.2, -0.15) is 0 Å². The molecule has 6 nitrogen and oxygen atoms in total. The summed E-state index contributed by atoms with van der Waals surface area (Å²) in [7, 11) is 1.28. The first-order chi connectivity index (χ1) is 9.60. The number of carbonyl (C=O) groups is 2. The summed E-state index contributed by atoms with van der Waals surface area (Å²) in [5.74, 6) is -1.06. The Balaban J connectivity index is 2.24. The molecular formula is C14H11NO5. The third-order valence-electron chi connectivity index (χ3n) is 2.46. The lowest BCUT2D eigenvalue weighted by Crippen LogP contribution is -2.02. The molecule has 102 valence electrons. The fourth-order valence-corrected chi connectivity index (χ4v) is 1.52. The molecule has 2 rings (SSSR count). The third kappa shape index (κ3) is 3.11. The van der Waals surface area contributed by atoms with Gasteiger partial charge in [-0.05, 0) is 24.3 Å². The van der Waals surface area contributed by atoms with Crippen molar-refractivity contribution < 1.29 is 24.2 Å². The summed E-state index contributed by atoms with van der Waals surface area (Å²) in [5, 5.41) is 8.89. The summed E-state index contributed by atoms with van der Waals surface area (Å²) < 4.78 is 10.0. The highest BCUT2D eigenvalue weighted by atomic mass is 16.5. The predicted octanol–water partition coefficient (Wildman–Crippen LogP) is 2.36. The minimum Gasteiger partial charge on any atom is -0.478 e. The monoisotopic (exact) mass is 273 g/mol. The summed E-state index contributed by atoms with van der Waals surface area (Å²) in [6, 6.07) is 8.88. The van der Waals surface area contributed by atoms with Gasteiger partial charge in [0.05, 0.1) is 18.2 Å². The predicted molar refractivity (Wildman–Crippen MR) is 69.1 cm³/mol. The minimum absolute atomic E-state index is 0.103. The van der Waals surface area contributed by atoms with Gasteiger partial charge in [-0.15, -0.1) is 0 Å². The van der Waals surface area contributed by atoms with Crippen molar-refractivity contribution in [2.75, 3.05) is 7.11 Å². The van der Waals surface area contributed by atoms with Gasteiger partial charge in [-0.3, -0.25) is 0 Å². The van der Waals surface area contributed by atoms with Crippen LogP contribution in [0.3, 0.4) is 0 Å². The Morgan fingerprint density at radius 2 is 1.95 bits per heavy atom. The molecule has 0 saturated carbocycles. The summed E-state index contributed by atoms with van der Waals surface area (Å²) in [5.41, 5.74) is 0.401. The number of carbonyl (C=O) groups excluding carboxylic acids is 1. The van der Waals surface area contributed by atoms with E-state index < -0.39 is 11.9 Å². The maximum Gasteiger partial charge on any atom is 0.338 e. The van der Waals surface area contributed by atoms with Crippen LogP contribution in [0.15, 0.2) is 42.6 Å². The second-order valence-electron chi connectivity index (χ2n) is 3.81. The number of aromatic nitrogens is 1. The molecule has 1 aromatic carbocycles. The molecule has 0 atom stereocenters. The average molecular weight is 273 g/mol. The smallest absolute Gasteiger partial charge is 0.338 e. The number of ether oxygens (including phenoxy) is 2. The highest BCUT2D eigenvalue weighted by Crippen LogP contribution is 2.21. The van der Waals surface area contributed by atoms with Gasteiger partial charge in [0.2, 0.25) is 5.88 Å². The Hall–Kier alpha value is -2.89. The van der Waals surface area contributed by atoms with Crippen LogP contribution in [0, 0.1) is 0 Å². The number of hydrogen-bond acceptors (Lipinski definition) is 5. The maximum absolute atomic E-state index is 11.4. The number of esters is 1. The van der Waals surface area contributed by atoms with E-state index in [0.29, 0.717) is 11.3 Å². The largest absolute Gasteiger partial charge is 0.478 e. The van der Waals surface area contributed by atoms with Crippen LogP contribution in [0.1, 0.15) is 20.7 Å². The molecule has 0 aliphatic rings. The maximum atomic E-state index is 11.4. The number of pyridine rings is 1. The van der Waals surface area contributed by atoms with Gasteiger partial charge in [-0.1, -0.05) is 6.07 Å². The molecule has 0 aliphatic carbocycles. The molecule has 0 saturated heterocycles. The zero-order valence-electron chi connectivity index (χ0n) is 10.6. The topological polar surface area (TPSA) is 85.7 Å². The Morgan fingerprint density at radius 1 is 1.15 bits per heavy atom.